The van der Waals surface area contributed by atoms with Gasteiger partial charge in [-0.15, -0.1) is 0 Å². The number of aromatic amines is 1. The minimum absolute atomic E-state index is 0.142. The fraction of sp³-hybridized carbons (Fsp3) is 0.474. The number of aromatic nitrogens is 2. The van der Waals surface area contributed by atoms with Gasteiger partial charge in [-0.1, -0.05) is 12.1 Å². The van der Waals surface area contributed by atoms with Crippen LogP contribution in [0.3, 0.4) is 0 Å². The highest BCUT2D eigenvalue weighted by Gasteiger charge is 2.58. The summed E-state index contributed by atoms with van der Waals surface area (Å²) in [6, 6.07) is 6.96. The number of benzene rings is 1. The van der Waals surface area contributed by atoms with Crippen LogP contribution in [0.2, 0.25) is 0 Å². The van der Waals surface area contributed by atoms with Gasteiger partial charge in [0.2, 0.25) is 5.88 Å². The molecule has 4 heterocycles. The molecule has 3 aliphatic rings. The third-order valence-electron chi connectivity index (χ3n) is 5.24. The van der Waals surface area contributed by atoms with E-state index < -0.39 is 35.5 Å². The van der Waals surface area contributed by atoms with Gasteiger partial charge < -0.3 is 23.7 Å². The molecule has 1 aromatic heterocycles. The smallest absolute Gasteiger partial charge is 0.333 e. The van der Waals surface area contributed by atoms with Crippen molar-refractivity contribution in [1.29, 1.82) is 0 Å². The van der Waals surface area contributed by atoms with Crippen LogP contribution in [0.4, 0.5) is 0 Å². The summed E-state index contributed by atoms with van der Waals surface area (Å²) < 4.78 is 30.3. The Balaban J connectivity index is 1.67. The summed E-state index contributed by atoms with van der Waals surface area (Å²) in [5.74, 6) is 0.0347. The Morgan fingerprint density at radius 1 is 1.14 bits per heavy atom. The van der Waals surface area contributed by atoms with Crippen molar-refractivity contribution in [2.75, 3.05) is 13.7 Å². The molecular weight excluding hydrogens is 368 g/mol. The van der Waals surface area contributed by atoms with Gasteiger partial charge in [-0.2, -0.15) is 0 Å². The molecule has 148 valence electrons. The second-order valence-corrected chi connectivity index (χ2v) is 7.48. The molecule has 3 aliphatic heterocycles. The molecule has 2 saturated heterocycles. The average molecular weight is 388 g/mol. The maximum absolute atomic E-state index is 12.7. The second kappa shape index (κ2) is 5.94. The summed E-state index contributed by atoms with van der Waals surface area (Å²) in [6.07, 6.45) is -1.99. The van der Waals surface area contributed by atoms with Gasteiger partial charge in [0.25, 0.3) is 5.56 Å². The zero-order valence-electron chi connectivity index (χ0n) is 15.6. The summed E-state index contributed by atoms with van der Waals surface area (Å²) in [5, 5.41) is 0. The van der Waals surface area contributed by atoms with E-state index >= 15 is 0 Å². The van der Waals surface area contributed by atoms with E-state index in [0.29, 0.717) is 11.3 Å². The van der Waals surface area contributed by atoms with E-state index in [9.17, 15) is 9.59 Å². The number of fused-ring (bicyclic) bond motifs is 7. The number of H-pyrrole nitrogens is 1. The molecule has 1 unspecified atom stereocenters. The number of rotatable bonds is 2. The monoisotopic (exact) mass is 388 g/mol. The van der Waals surface area contributed by atoms with E-state index in [1.165, 1.54) is 4.57 Å². The molecule has 2 fully saturated rings. The molecule has 1 aromatic carbocycles. The first-order valence-electron chi connectivity index (χ1n) is 9.05. The largest absolute Gasteiger partial charge is 0.497 e. The zero-order chi connectivity index (χ0) is 19.6. The summed E-state index contributed by atoms with van der Waals surface area (Å²) >= 11 is 0. The highest BCUT2D eigenvalue weighted by Crippen LogP contribution is 2.46. The minimum atomic E-state index is -0.787. The van der Waals surface area contributed by atoms with Crippen molar-refractivity contribution in [1.82, 2.24) is 9.55 Å². The lowest BCUT2D eigenvalue weighted by molar-refractivity contribution is -0.195. The van der Waals surface area contributed by atoms with E-state index in [0.717, 1.165) is 0 Å². The Labute approximate surface area is 159 Å². The molecule has 5 rings (SSSR count). The zero-order valence-corrected chi connectivity index (χ0v) is 15.6. The van der Waals surface area contributed by atoms with Crippen LogP contribution >= 0.6 is 0 Å². The summed E-state index contributed by atoms with van der Waals surface area (Å²) in [6.45, 7) is 3.78. The molecule has 0 radical (unpaired) electrons. The fourth-order valence-electron chi connectivity index (χ4n) is 4.08. The fourth-order valence-corrected chi connectivity index (χ4v) is 4.08. The van der Waals surface area contributed by atoms with Crippen LogP contribution in [0.1, 0.15) is 20.1 Å². The number of hydrogen-bond donors (Lipinski definition) is 1. The predicted octanol–water partition coefficient (Wildman–Crippen LogP) is 1.02. The second-order valence-electron chi connectivity index (χ2n) is 7.48. The molecule has 28 heavy (non-hydrogen) atoms. The predicted molar refractivity (Wildman–Crippen MR) is 96.5 cm³/mol. The van der Waals surface area contributed by atoms with Crippen LogP contribution in [0.5, 0.6) is 11.6 Å². The molecule has 0 spiro atoms. The van der Waals surface area contributed by atoms with E-state index in [2.05, 4.69) is 4.98 Å². The Hall–Kier alpha value is -2.62. The van der Waals surface area contributed by atoms with Crippen molar-refractivity contribution in [3.05, 3.63) is 45.1 Å². The van der Waals surface area contributed by atoms with Crippen molar-refractivity contribution < 1.29 is 23.7 Å². The summed E-state index contributed by atoms with van der Waals surface area (Å²) in [7, 11) is 1.56. The van der Waals surface area contributed by atoms with Gasteiger partial charge in [0.05, 0.1) is 7.11 Å². The third-order valence-corrected chi connectivity index (χ3v) is 5.24. The van der Waals surface area contributed by atoms with Gasteiger partial charge in [-0.05, 0) is 31.5 Å². The number of hydrogen-bond acceptors (Lipinski definition) is 7. The molecule has 0 aliphatic carbocycles. The van der Waals surface area contributed by atoms with E-state index in [-0.39, 0.29) is 24.2 Å². The molecule has 9 heteroatoms. The van der Waals surface area contributed by atoms with Crippen molar-refractivity contribution in [3.63, 3.8) is 0 Å². The number of nitrogens with zero attached hydrogens (tertiary/aromatic N) is 1. The Kier molecular flexibility index (Phi) is 3.71. The number of nitrogens with one attached hydrogen (secondary N) is 1. The highest BCUT2D eigenvalue weighted by atomic mass is 16.8. The minimum Gasteiger partial charge on any atom is -0.497 e. The van der Waals surface area contributed by atoms with Crippen LogP contribution < -0.4 is 20.7 Å². The van der Waals surface area contributed by atoms with E-state index in [1.54, 1.807) is 31.4 Å². The lowest BCUT2D eigenvalue weighted by Crippen LogP contribution is -2.40. The first-order chi connectivity index (χ1) is 13.4. The van der Waals surface area contributed by atoms with Crippen LogP contribution in [-0.4, -0.2) is 47.4 Å². The van der Waals surface area contributed by atoms with Crippen LogP contribution in [0.15, 0.2) is 33.9 Å². The maximum atomic E-state index is 12.7. The average Bonchev–Trinajstić information content (AvgIpc) is 3.04. The first kappa shape index (κ1) is 17.5. The van der Waals surface area contributed by atoms with Crippen molar-refractivity contribution in [3.8, 4) is 22.8 Å². The van der Waals surface area contributed by atoms with Crippen molar-refractivity contribution >= 4 is 0 Å². The van der Waals surface area contributed by atoms with Gasteiger partial charge in [0.1, 0.15) is 36.2 Å². The van der Waals surface area contributed by atoms with Gasteiger partial charge >= 0.3 is 5.69 Å². The van der Waals surface area contributed by atoms with Crippen LogP contribution in [0.25, 0.3) is 11.1 Å². The quantitative estimate of drug-likeness (QED) is 0.820. The molecule has 0 amide bonds. The Morgan fingerprint density at radius 3 is 2.57 bits per heavy atom. The Bertz CT molecular complexity index is 1040. The van der Waals surface area contributed by atoms with Gasteiger partial charge in [-0.3, -0.25) is 9.78 Å². The SMILES string of the molecule is COc1ccc(-c2c3n(c(=O)[nH]c2=O)C2O[C@H](CO3)[C@H]3OC(C)(C)O[C@@H]23)cc1. The van der Waals surface area contributed by atoms with Gasteiger partial charge in [0.15, 0.2) is 12.0 Å². The Morgan fingerprint density at radius 2 is 1.86 bits per heavy atom. The van der Waals surface area contributed by atoms with Crippen LogP contribution in [-0.2, 0) is 14.2 Å². The maximum Gasteiger partial charge on any atom is 0.333 e. The molecular formula is C19H20N2O7. The lowest BCUT2D eigenvalue weighted by atomic mass is 10.1. The number of methoxy groups -OCH3 is 1. The normalized spacial score (nSPS) is 29.5. The topological polar surface area (TPSA) is 101 Å². The van der Waals surface area contributed by atoms with E-state index in [4.69, 9.17) is 23.7 Å². The van der Waals surface area contributed by atoms with Gasteiger partial charge in [0, 0.05) is 0 Å². The molecule has 1 N–H and O–H groups in total. The lowest BCUT2D eigenvalue weighted by Gasteiger charge is -2.23. The van der Waals surface area contributed by atoms with Crippen molar-refractivity contribution in [2.45, 2.75) is 44.2 Å². The standard InChI is InChI=1S/C19H20N2O7/c1-19(2)27-13-11-8-25-16-12(9-4-6-10(24-3)7-5-9)15(22)20-18(23)21(16)17(26-11)14(13)28-19/h4-7,11,13-14,17H,8H2,1-3H3,(H,20,22,23)/t11-,13-,14-,17?/m1/s1. The van der Waals surface area contributed by atoms with E-state index in [1.807, 2.05) is 13.8 Å². The first-order valence-corrected chi connectivity index (χ1v) is 9.05. The molecule has 9 nitrogen and oxygen atoms in total. The molecule has 2 aromatic rings. The summed E-state index contributed by atoms with van der Waals surface area (Å²) in [4.78, 5) is 27.7. The molecule has 2 bridgehead atoms. The third kappa shape index (κ3) is 2.50. The summed E-state index contributed by atoms with van der Waals surface area (Å²) in [5.41, 5.74) is -0.284. The van der Waals surface area contributed by atoms with Crippen molar-refractivity contribution in [2.24, 2.45) is 0 Å². The molecule has 4 atom stereocenters. The van der Waals surface area contributed by atoms with Gasteiger partial charge in [-0.25, -0.2) is 9.36 Å². The number of ether oxygens (including phenoxy) is 5. The van der Waals surface area contributed by atoms with Crippen LogP contribution in [0, 0.1) is 0 Å². The highest BCUT2D eigenvalue weighted by molar-refractivity contribution is 5.68. The molecule has 0 saturated carbocycles.